The molecule has 0 radical (unpaired) electrons. The van der Waals surface area contributed by atoms with Crippen molar-refractivity contribution in [2.45, 2.75) is 25.8 Å². The maximum absolute atomic E-state index is 12.4. The first-order valence-electron chi connectivity index (χ1n) is 9.09. The van der Waals surface area contributed by atoms with Crippen molar-refractivity contribution in [1.82, 2.24) is 0 Å². The van der Waals surface area contributed by atoms with E-state index in [1.807, 2.05) is 0 Å². The third-order valence-corrected chi connectivity index (χ3v) is 6.88. The summed E-state index contributed by atoms with van der Waals surface area (Å²) in [6, 6.07) is 6.45. The van der Waals surface area contributed by atoms with E-state index < -0.39 is 11.9 Å². The molecule has 1 saturated heterocycles. The highest BCUT2D eigenvalue weighted by Gasteiger charge is 2.39. The Morgan fingerprint density at radius 2 is 1.75 bits per heavy atom. The SMILES string of the molecule is NC(=O)c1c(NC(=O)Nc2ccc(Cl)cc2)sc2c1CC[N+]1(CCCC1)C2.[Br-]. The van der Waals surface area contributed by atoms with E-state index in [0.29, 0.717) is 21.3 Å². The van der Waals surface area contributed by atoms with Gasteiger partial charge in [0.2, 0.25) is 0 Å². The standard InChI is InChI=1S/C19H21ClN4O2S.BrH/c20-12-3-5-13(6-4-12)22-19(26)23-18-16(17(21)25)14-7-10-24(8-1-2-9-24)11-15(14)27-18;/h3-6H,1-2,7-11H2,(H3-,21,22,23,25,26);1H. The van der Waals surface area contributed by atoms with Crippen molar-refractivity contribution in [3.05, 3.63) is 45.3 Å². The molecule has 4 N–H and O–H groups in total. The normalized spacial score (nSPS) is 16.9. The van der Waals surface area contributed by atoms with Crippen LogP contribution in [0.2, 0.25) is 5.02 Å². The summed E-state index contributed by atoms with van der Waals surface area (Å²) in [5.41, 5.74) is 7.76. The van der Waals surface area contributed by atoms with E-state index in [9.17, 15) is 9.59 Å². The monoisotopic (exact) mass is 484 g/mol. The first kappa shape index (κ1) is 21.1. The summed E-state index contributed by atoms with van der Waals surface area (Å²) in [5, 5.41) is 6.71. The molecule has 2 aliphatic rings. The van der Waals surface area contributed by atoms with Crippen molar-refractivity contribution < 1.29 is 31.1 Å². The molecule has 3 amide bonds. The Balaban J connectivity index is 0.00000225. The van der Waals surface area contributed by atoms with E-state index in [-0.39, 0.29) is 17.0 Å². The summed E-state index contributed by atoms with van der Waals surface area (Å²) in [7, 11) is 0. The van der Waals surface area contributed by atoms with Crippen LogP contribution in [0.3, 0.4) is 0 Å². The fourth-order valence-corrected chi connectivity index (χ4v) is 5.68. The maximum atomic E-state index is 12.4. The summed E-state index contributed by atoms with van der Waals surface area (Å²) in [6.45, 7) is 4.37. The Bertz CT molecular complexity index is 894. The molecule has 1 fully saturated rings. The van der Waals surface area contributed by atoms with Crippen LogP contribution in [0, 0.1) is 0 Å². The lowest BCUT2D eigenvalue weighted by molar-refractivity contribution is -0.931. The number of fused-ring (bicyclic) bond motifs is 1. The lowest BCUT2D eigenvalue weighted by Crippen LogP contribution is -3.00. The number of rotatable bonds is 3. The molecule has 9 heteroatoms. The average molecular weight is 486 g/mol. The summed E-state index contributed by atoms with van der Waals surface area (Å²) in [6.07, 6.45) is 3.36. The summed E-state index contributed by atoms with van der Waals surface area (Å²) in [5.74, 6) is -0.482. The smallest absolute Gasteiger partial charge is 0.324 e. The van der Waals surface area contributed by atoms with E-state index in [1.54, 1.807) is 24.3 Å². The fraction of sp³-hybridized carbons (Fsp3) is 0.368. The van der Waals surface area contributed by atoms with Gasteiger partial charge in [-0.15, -0.1) is 11.3 Å². The lowest BCUT2D eigenvalue weighted by atomic mass is 10.0. The van der Waals surface area contributed by atoms with Crippen molar-refractivity contribution in [3.8, 4) is 0 Å². The number of primary amides is 1. The molecule has 4 rings (SSSR count). The highest BCUT2D eigenvalue weighted by molar-refractivity contribution is 7.17. The van der Waals surface area contributed by atoms with Gasteiger partial charge in [-0.05, 0) is 29.8 Å². The number of carbonyl (C=O) groups excluding carboxylic acids is 2. The second kappa shape index (κ2) is 8.41. The van der Waals surface area contributed by atoms with Crippen LogP contribution in [0.1, 0.15) is 33.6 Å². The van der Waals surface area contributed by atoms with E-state index in [1.165, 1.54) is 42.1 Å². The zero-order valence-corrected chi connectivity index (χ0v) is 18.4. The molecular formula is C19H22BrClN4O2S. The number of carbonyl (C=O) groups is 2. The quantitative estimate of drug-likeness (QED) is 0.562. The number of hydrogen-bond acceptors (Lipinski definition) is 3. The van der Waals surface area contributed by atoms with E-state index in [4.69, 9.17) is 17.3 Å². The number of quaternary nitrogens is 1. The number of nitrogens with two attached hydrogens (primary N) is 1. The number of hydrogen-bond donors (Lipinski definition) is 3. The molecule has 0 saturated carbocycles. The van der Waals surface area contributed by atoms with Gasteiger partial charge in [-0.25, -0.2) is 4.79 Å². The van der Waals surface area contributed by atoms with Gasteiger partial charge >= 0.3 is 6.03 Å². The minimum atomic E-state index is -0.482. The van der Waals surface area contributed by atoms with Gasteiger partial charge in [0, 0.05) is 30.0 Å². The zero-order valence-electron chi connectivity index (χ0n) is 15.3. The van der Waals surface area contributed by atoms with Crippen LogP contribution < -0.4 is 33.3 Å². The van der Waals surface area contributed by atoms with Gasteiger partial charge in [0.25, 0.3) is 5.91 Å². The first-order valence-corrected chi connectivity index (χ1v) is 10.3. The maximum Gasteiger partial charge on any atom is 0.324 e. The Morgan fingerprint density at radius 1 is 1.07 bits per heavy atom. The molecule has 1 aromatic carbocycles. The molecule has 0 bridgehead atoms. The molecule has 1 spiro atoms. The minimum Gasteiger partial charge on any atom is -1.00 e. The van der Waals surface area contributed by atoms with Crippen molar-refractivity contribution in [1.29, 1.82) is 0 Å². The predicted octanol–water partition coefficient (Wildman–Crippen LogP) is 0.815. The molecule has 3 heterocycles. The zero-order chi connectivity index (χ0) is 19.0. The Hall–Kier alpha value is -1.61. The molecular weight excluding hydrogens is 464 g/mol. The van der Waals surface area contributed by atoms with Crippen LogP contribution in [0.4, 0.5) is 15.5 Å². The van der Waals surface area contributed by atoms with Crippen LogP contribution in [0.25, 0.3) is 0 Å². The average Bonchev–Trinajstić information content (AvgIpc) is 3.21. The second-order valence-electron chi connectivity index (χ2n) is 7.29. The van der Waals surface area contributed by atoms with Crippen molar-refractivity contribution in [2.75, 3.05) is 30.3 Å². The van der Waals surface area contributed by atoms with Gasteiger partial charge in [0.15, 0.2) is 0 Å². The van der Waals surface area contributed by atoms with Crippen molar-refractivity contribution in [2.24, 2.45) is 5.73 Å². The topological polar surface area (TPSA) is 84.2 Å². The highest BCUT2D eigenvalue weighted by atomic mass is 79.9. The van der Waals surface area contributed by atoms with Gasteiger partial charge in [-0.2, -0.15) is 0 Å². The third kappa shape index (κ3) is 4.20. The Morgan fingerprint density at radius 3 is 2.39 bits per heavy atom. The second-order valence-corrected chi connectivity index (χ2v) is 8.83. The number of urea groups is 1. The summed E-state index contributed by atoms with van der Waals surface area (Å²) in [4.78, 5) is 25.7. The van der Waals surface area contributed by atoms with Crippen LogP contribution in [-0.2, 0) is 13.0 Å². The molecule has 150 valence electrons. The van der Waals surface area contributed by atoms with Gasteiger partial charge < -0.3 is 32.5 Å². The van der Waals surface area contributed by atoms with E-state index in [0.717, 1.165) is 29.6 Å². The summed E-state index contributed by atoms with van der Waals surface area (Å²) < 4.78 is 1.10. The number of nitrogens with one attached hydrogen (secondary N) is 2. The number of amides is 3. The molecule has 28 heavy (non-hydrogen) atoms. The van der Waals surface area contributed by atoms with Crippen LogP contribution in [0.15, 0.2) is 24.3 Å². The van der Waals surface area contributed by atoms with E-state index in [2.05, 4.69) is 10.6 Å². The number of nitrogens with zero attached hydrogens (tertiary/aromatic N) is 1. The highest BCUT2D eigenvalue weighted by Crippen LogP contribution is 2.40. The number of anilines is 2. The Labute approximate surface area is 183 Å². The molecule has 2 aromatic rings. The molecule has 2 aliphatic heterocycles. The molecule has 0 atom stereocenters. The predicted molar refractivity (Wildman–Crippen MR) is 108 cm³/mol. The first-order chi connectivity index (χ1) is 13.0. The van der Waals surface area contributed by atoms with Gasteiger partial charge in [0.05, 0.1) is 30.1 Å². The molecule has 1 aromatic heterocycles. The number of halogens is 2. The summed E-state index contributed by atoms with van der Waals surface area (Å²) >= 11 is 7.35. The van der Waals surface area contributed by atoms with Crippen LogP contribution in [0.5, 0.6) is 0 Å². The fourth-order valence-electron chi connectivity index (χ4n) is 4.17. The minimum absolute atomic E-state index is 0. The van der Waals surface area contributed by atoms with Crippen LogP contribution in [-0.4, -0.2) is 36.1 Å². The van der Waals surface area contributed by atoms with Gasteiger partial charge in [0.1, 0.15) is 11.5 Å². The molecule has 0 unspecified atom stereocenters. The number of benzene rings is 1. The van der Waals surface area contributed by atoms with E-state index >= 15 is 0 Å². The third-order valence-electron chi connectivity index (χ3n) is 5.50. The largest absolute Gasteiger partial charge is 1.00 e. The molecule has 6 nitrogen and oxygen atoms in total. The van der Waals surface area contributed by atoms with Gasteiger partial charge in [-0.1, -0.05) is 11.6 Å². The van der Waals surface area contributed by atoms with Crippen molar-refractivity contribution >= 4 is 45.6 Å². The lowest BCUT2D eigenvalue weighted by Gasteiger charge is -2.37. The van der Waals surface area contributed by atoms with Gasteiger partial charge in [-0.3, -0.25) is 10.1 Å². The molecule has 0 aliphatic carbocycles. The van der Waals surface area contributed by atoms with Crippen molar-refractivity contribution in [3.63, 3.8) is 0 Å². The Kier molecular flexibility index (Phi) is 6.34. The van der Waals surface area contributed by atoms with Crippen LogP contribution >= 0.6 is 22.9 Å². The number of thiophene rings is 1.